The topological polar surface area (TPSA) is 106 Å². The number of aromatic nitrogens is 3. The summed E-state index contributed by atoms with van der Waals surface area (Å²) in [6.07, 6.45) is 1.95. The molecule has 4 N–H and O–H groups in total. The lowest BCUT2D eigenvalue weighted by atomic mass is 9.97. The minimum atomic E-state index is -1.00. The Balaban J connectivity index is 1.93. The minimum Gasteiger partial charge on any atom is -0.465 e. The Kier molecular flexibility index (Phi) is 3.34. The van der Waals surface area contributed by atoms with Gasteiger partial charge in [0.1, 0.15) is 17.8 Å². The Morgan fingerprint density at radius 3 is 2.83 bits per heavy atom. The number of nitrogens with two attached hydrogens (primary N) is 1. The Morgan fingerprint density at radius 1 is 1.29 bits per heavy atom. The van der Waals surface area contributed by atoms with Crippen LogP contribution < -0.4 is 11.1 Å². The van der Waals surface area contributed by atoms with Gasteiger partial charge in [0.05, 0.1) is 11.4 Å². The zero-order valence-corrected chi connectivity index (χ0v) is 12.9. The molecule has 0 saturated heterocycles. The van der Waals surface area contributed by atoms with Crippen molar-refractivity contribution in [2.24, 2.45) is 0 Å². The second-order valence-corrected chi connectivity index (χ2v) is 5.94. The molecule has 1 aliphatic rings. The molecule has 1 aromatic carbocycles. The van der Waals surface area contributed by atoms with Crippen LogP contribution in [0.5, 0.6) is 0 Å². The van der Waals surface area contributed by atoms with Gasteiger partial charge < -0.3 is 20.7 Å². The van der Waals surface area contributed by atoms with Crippen LogP contribution in [0.3, 0.4) is 0 Å². The summed E-state index contributed by atoms with van der Waals surface area (Å²) < 4.78 is 2.07. The normalized spacial score (nSPS) is 16.8. The molecule has 0 aliphatic carbocycles. The van der Waals surface area contributed by atoms with E-state index in [1.165, 1.54) is 6.33 Å². The van der Waals surface area contributed by atoms with Gasteiger partial charge in [0.25, 0.3) is 0 Å². The average molecular weight is 323 g/mol. The molecule has 3 aromatic rings. The summed E-state index contributed by atoms with van der Waals surface area (Å²) in [7, 11) is 0. The lowest BCUT2D eigenvalue weighted by molar-refractivity contribution is 0.186. The lowest BCUT2D eigenvalue weighted by Gasteiger charge is -2.25. The lowest BCUT2D eigenvalue weighted by Crippen LogP contribution is -2.40. The third kappa shape index (κ3) is 2.25. The number of rotatable bonds is 2. The van der Waals surface area contributed by atoms with Gasteiger partial charge in [-0.1, -0.05) is 30.3 Å². The van der Waals surface area contributed by atoms with Crippen LogP contribution in [0.2, 0.25) is 0 Å². The van der Waals surface area contributed by atoms with Crippen molar-refractivity contribution in [3.63, 3.8) is 0 Å². The highest BCUT2D eigenvalue weighted by Crippen LogP contribution is 2.38. The largest absolute Gasteiger partial charge is 0.465 e. The molecule has 0 bridgehead atoms. The van der Waals surface area contributed by atoms with Gasteiger partial charge >= 0.3 is 6.09 Å². The molecule has 24 heavy (non-hydrogen) atoms. The molecular formula is C17H17N5O2. The molecule has 7 nitrogen and oxygen atoms in total. The van der Waals surface area contributed by atoms with Gasteiger partial charge in [0, 0.05) is 17.8 Å². The first kappa shape index (κ1) is 14.5. The molecule has 2 aromatic heterocycles. The smallest absolute Gasteiger partial charge is 0.404 e. The maximum absolute atomic E-state index is 11.0. The van der Waals surface area contributed by atoms with Crippen molar-refractivity contribution >= 4 is 22.9 Å². The number of carbonyl (C=O) groups is 1. The van der Waals surface area contributed by atoms with E-state index in [1.54, 1.807) is 0 Å². The predicted molar refractivity (Wildman–Crippen MR) is 90.6 cm³/mol. The van der Waals surface area contributed by atoms with Gasteiger partial charge in [-0.15, -0.1) is 0 Å². The van der Waals surface area contributed by atoms with Crippen LogP contribution in [0.1, 0.15) is 12.1 Å². The number of hydrogen-bond donors (Lipinski definition) is 3. The molecule has 7 heteroatoms. The number of hydrogen-bond acceptors (Lipinski definition) is 4. The summed E-state index contributed by atoms with van der Waals surface area (Å²) in [5, 5.41) is 12.4. The first-order chi connectivity index (χ1) is 11.6. The number of amides is 1. The van der Waals surface area contributed by atoms with E-state index in [1.807, 2.05) is 30.3 Å². The fourth-order valence-corrected chi connectivity index (χ4v) is 3.53. The van der Waals surface area contributed by atoms with Gasteiger partial charge in [0.2, 0.25) is 0 Å². The molecule has 1 atom stereocenters. The van der Waals surface area contributed by atoms with Gasteiger partial charge in [-0.2, -0.15) is 0 Å². The monoisotopic (exact) mass is 323 g/mol. The molecule has 4 rings (SSSR count). The third-order valence-electron chi connectivity index (χ3n) is 4.50. The van der Waals surface area contributed by atoms with Crippen molar-refractivity contribution in [3.8, 4) is 11.1 Å². The van der Waals surface area contributed by atoms with Crippen LogP contribution in [0, 0.1) is 0 Å². The van der Waals surface area contributed by atoms with Crippen LogP contribution in [0.25, 0.3) is 22.2 Å². The van der Waals surface area contributed by atoms with Crippen molar-refractivity contribution < 1.29 is 9.90 Å². The quantitative estimate of drug-likeness (QED) is 0.671. The van der Waals surface area contributed by atoms with Gasteiger partial charge in [-0.3, -0.25) is 0 Å². The van der Waals surface area contributed by atoms with Gasteiger partial charge in [-0.25, -0.2) is 14.8 Å². The number of anilines is 1. The van der Waals surface area contributed by atoms with Crippen molar-refractivity contribution in [3.05, 3.63) is 42.4 Å². The molecule has 122 valence electrons. The zero-order valence-electron chi connectivity index (χ0n) is 12.9. The minimum absolute atomic E-state index is 0.134. The summed E-state index contributed by atoms with van der Waals surface area (Å²) in [5.74, 6) is 0.448. The standard InChI is InChI=1S/C17H17N5O2/c18-15-14-13(10-4-2-1-3-5-10)12-7-6-11(21-17(23)24)8-22(12)16(14)20-9-19-15/h1-5,9,11,21H,6-8H2,(H,23,24)(H2,18,19,20). The third-order valence-corrected chi connectivity index (χ3v) is 4.50. The second kappa shape index (κ2) is 5.52. The van der Waals surface area contributed by atoms with E-state index in [-0.39, 0.29) is 6.04 Å². The number of nitrogens with one attached hydrogen (secondary N) is 1. The number of nitrogen functional groups attached to an aromatic ring is 1. The number of nitrogens with zero attached hydrogens (tertiary/aromatic N) is 3. The van der Waals surface area contributed by atoms with Crippen LogP contribution in [0.4, 0.5) is 10.6 Å². The van der Waals surface area contributed by atoms with E-state index >= 15 is 0 Å². The van der Waals surface area contributed by atoms with E-state index in [0.29, 0.717) is 12.4 Å². The summed E-state index contributed by atoms with van der Waals surface area (Å²) in [5.41, 5.74) is 10.2. The fourth-order valence-electron chi connectivity index (χ4n) is 3.53. The molecule has 0 fully saturated rings. The Labute approximate surface area is 138 Å². The van der Waals surface area contributed by atoms with E-state index < -0.39 is 6.09 Å². The maximum atomic E-state index is 11.0. The predicted octanol–water partition coefficient (Wildman–Crippen LogP) is 2.26. The first-order valence-corrected chi connectivity index (χ1v) is 7.81. The Morgan fingerprint density at radius 2 is 2.08 bits per heavy atom. The molecule has 0 spiro atoms. The van der Waals surface area contributed by atoms with Crippen LogP contribution in [0.15, 0.2) is 36.7 Å². The van der Waals surface area contributed by atoms with Crippen molar-refractivity contribution in [1.82, 2.24) is 19.9 Å². The summed E-state index contributed by atoms with van der Waals surface area (Å²) >= 11 is 0. The molecule has 0 radical (unpaired) electrons. The second-order valence-electron chi connectivity index (χ2n) is 5.94. The van der Waals surface area contributed by atoms with E-state index in [4.69, 9.17) is 10.8 Å². The number of fused-ring (bicyclic) bond motifs is 3. The van der Waals surface area contributed by atoms with Crippen LogP contribution in [-0.2, 0) is 13.0 Å². The highest BCUT2D eigenvalue weighted by Gasteiger charge is 2.28. The highest BCUT2D eigenvalue weighted by atomic mass is 16.4. The summed E-state index contributed by atoms with van der Waals surface area (Å²) in [6.45, 7) is 0.543. The number of benzene rings is 1. The van der Waals surface area contributed by atoms with Crippen molar-refractivity contribution in [1.29, 1.82) is 0 Å². The maximum Gasteiger partial charge on any atom is 0.404 e. The molecule has 1 aliphatic heterocycles. The zero-order chi connectivity index (χ0) is 16.7. The average Bonchev–Trinajstić information content (AvgIpc) is 2.90. The van der Waals surface area contributed by atoms with Crippen molar-refractivity contribution in [2.75, 3.05) is 5.73 Å². The SMILES string of the molecule is Nc1ncnc2c1c(-c1ccccc1)c1n2CC(NC(=O)O)CC1. The van der Waals surface area contributed by atoms with E-state index in [9.17, 15) is 4.79 Å². The molecular weight excluding hydrogens is 306 g/mol. The van der Waals surface area contributed by atoms with E-state index in [0.717, 1.165) is 40.7 Å². The molecule has 1 amide bonds. The Bertz CT molecular complexity index is 920. The van der Waals surface area contributed by atoms with Crippen LogP contribution >= 0.6 is 0 Å². The summed E-state index contributed by atoms with van der Waals surface area (Å²) in [4.78, 5) is 19.5. The van der Waals surface area contributed by atoms with Crippen LogP contribution in [-0.4, -0.2) is 31.8 Å². The molecule has 3 heterocycles. The highest BCUT2D eigenvalue weighted by molar-refractivity contribution is 6.02. The molecule has 1 unspecified atom stereocenters. The Hall–Kier alpha value is -3.09. The first-order valence-electron chi connectivity index (χ1n) is 7.81. The summed E-state index contributed by atoms with van der Waals surface area (Å²) in [6, 6.07) is 9.91. The van der Waals surface area contributed by atoms with Crippen molar-refractivity contribution in [2.45, 2.75) is 25.4 Å². The molecule has 0 saturated carbocycles. The van der Waals surface area contributed by atoms with E-state index in [2.05, 4.69) is 19.9 Å². The van der Waals surface area contributed by atoms with Gasteiger partial charge in [-0.05, 0) is 18.4 Å². The van der Waals surface area contributed by atoms with Gasteiger partial charge in [0.15, 0.2) is 0 Å². The fraction of sp³-hybridized carbons (Fsp3) is 0.235. The number of carboxylic acid groups (broad SMARTS) is 1.